The molecule has 0 aromatic heterocycles. The third-order valence-electron chi connectivity index (χ3n) is 4.37. The summed E-state index contributed by atoms with van der Waals surface area (Å²) in [5.41, 5.74) is 0.613. The van der Waals surface area contributed by atoms with Gasteiger partial charge in [-0.1, -0.05) is 31.5 Å². The number of aliphatic imine (C=N–C) groups is 1. The first-order chi connectivity index (χ1) is 13.5. The Balaban J connectivity index is 0.000000930. The SMILES string of the molecule is CC.CC1C(N(C)C(=O)c2cccc(Cl)c2)N=C2CCCCN21.CO.COC. The van der Waals surface area contributed by atoms with Crippen molar-refractivity contribution in [1.82, 2.24) is 9.80 Å². The van der Waals surface area contributed by atoms with Crippen LogP contribution in [0.15, 0.2) is 29.3 Å². The molecular formula is C21H36ClN3O3. The van der Waals surface area contributed by atoms with Crippen molar-refractivity contribution in [2.75, 3.05) is 34.9 Å². The van der Waals surface area contributed by atoms with Crippen LogP contribution < -0.4 is 0 Å². The third-order valence-corrected chi connectivity index (χ3v) is 4.61. The van der Waals surface area contributed by atoms with Crippen molar-refractivity contribution in [3.8, 4) is 0 Å². The van der Waals surface area contributed by atoms with Gasteiger partial charge in [-0.2, -0.15) is 0 Å². The highest BCUT2D eigenvalue weighted by atomic mass is 35.5. The van der Waals surface area contributed by atoms with Crippen LogP contribution >= 0.6 is 11.6 Å². The van der Waals surface area contributed by atoms with E-state index in [1.165, 1.54) is 12.8 Å². The average Bonchev–Trinajstić information content (AvgIpc) is 3.07. The second-order valence-electron chi connectivity index (χ2n) is 6.18. The van der Waals surface area contributed by atoms with Gasteiger partial charge in [-0.15, -0.1) is 0 Å². The molecule has 1 aromatic carbocycles. The Morgan fingerprint density at radius 3 is 2.43 bits per heavy atom. The number of nitrogens with zero attached hydrogens (tertiary/aromatic N) is 3. The smallest absolute Gasteiger partial charge is 0.255 e. The van der Waals surface area contributed by atoms with Crippen molar-refractivity contribution in [2.24, 2.45) is 4.99 Å². The first kappa shape index (κ1) is 26.4. The fourth-order valence-corrected chi connectivity index (χ4v) is 3.38. The van der Waals surface area contributed by atoms with Crippen molar-refractivity contribution in [3.05, 3.63) is 34.9 Å². The zero-order chi connectivity index (χ0) is 21.7. The Kier molecular flexibility index (Phi) is 13.5. The summed E-state index contributed by atoms with van der Waals surface area (Å²) in [5.74, 6) is 1.13. The predicted octanol–water partition coefficient (Wildman–Crippen LogP) is 3.92. The van der Waals surface area contributed by atoms with Crippen LogP contribution in [0, 0.1) is 0 Å². The van der Waals surface area contributed by atoms with Gasteiger partial charge in [0.15, 0.2) is 0 Å². The number of benzene rings is 1. The van der Waals surface area contributed by atoms with E-state index in [9.17, 15) is 4.79 Å². The van der Waals surface area contributed by atoms with Crippen LogP contribution in [0.5, 0.6) is 0 Å². The Hall–Kier alpha value is -1.63. The minimum Gasteiger partial charge on any atom is -0.400 e. The molecule has 2 aliphatic rings. The number of rotatable bonds is 2. The summed E-state index contributed by atoms with van der Waals surface area (Å²) >= 11 is 5.97. The first-order valence-corrected chi connectivity index (χ1v) is 10.1. The lowest BCUT2D eigenvalue weighted by Gasteiger charge is -2.33. The summed E-state index contributed by atoms with van der Waals surface area (Å²) in [6.07, 6.45) is 3.33. The van der Waals surface area contributed by atoms with E-state index >= 15 is 0 Å². The number of amides is 1. The van der Waals surface area contributed by atoms with E-state index in [4.69, 9.17) is 21.7 Å². The predicted molar refractivity (Wildman–Crippen MR) is 117 cm³/mol. The quantitative estimate of drug-likeness (QED) is 0.797. The normalized spacial score (nSPS) is 19.5. The summed E-state index contributed by atoms with van der Waals surface area (Å²) < 4.78 is 4.25. The lowest BCUT2D eigenvalue weighted by Crippen LogP contribution is -2.47. The van der Waals surface area contributed by atoms with Crippen LogP contribution in [0.4, 0.5) is 0 Å². The van der Waals surface area contributed by atoms with Gasteiger partial charge in [-0.25, -0.2) is 4.99 Å². The Bertz CT molecular complexity index is 610. The fraction of sp³-hybridized carbons (Fsp3) is 0.619. The highest BCUT2D eigenvalue weighted by Gasteiger charge is 2.37. The number of hydrogen-bond donors (Lipinski definition) is 1. The minimum absolute atomic E-state index is 0.0291. The van der Waals surface area contributed by atoms with E-state index in [0.717, 1.165) is 25.9 Å². The second kappa shape index (κ2) is 14.4. The van der Waals surface area contributed by atoms with Crippen LogP contribution in [0.3, 0.4) is 0 Å². The Morgan fingerprint density at radius 1 is 1.29 bits per heavy atom. The molecule has 0 aliphatic carbocycles. The van der Waals surface area contributed by atoms with Crippen LogP contribution in [-0.2, 0) is 4.74 Å². The van der Waals surface area contributed by atoms with Gasteiger partial charge in [-0.3, -0.25) is 4.79 Å². The first-order valence-electron chi connectivity index (χ1n) is 9.70. The molecular weight excluding hydrogens is 378 g/mol. The maximum absolute atomic E-state index is 12.6. The molecule has 6 nitrogen and oxygen atoms in total. The highest BCUT2D eigenvalue weighted by molar-refractivity contribution is 6.30. The largest absolute Gasteiger partial charge is 0.400 e. The molecule has 2 unspecified atom stereocenters. The van der Waals surface area contributed by atoms with Crippen LogP contribution in [-0.4, -0.2) is 73.8 Å². The lowest BCUT2D eigenvalue weighted by atomic mass is 10.1. The second-order valence-corrected chi connectivity index (χ2v) is 6.62. The van der Waals surface area contributed by atoms with Crippen molar-refractivity contribution in [1.29, 1.82) is 0 Å². The zero-order valence-corrected chi connectivity index (χ0v) is 19.0. The van der Waals surface area contributed by atoms with Crippen LogP contribution in [0.25, 0.3) is 0 Å². The summed E-state index contributed by atoms with van der Waals surface area (Å²) in [5, 5.41) is 7.58. The molecule has 0 radical (unpaired) electrons. The molecule has 2 aliphatic heterocycles. The number of aliphatic hydroxyl groups is 1. The number of carbonyl (C=O) groups excluding carboxylic acids is 1. The molecule has 1 N–H and O–H groups in total. The number of fused-ring (bicyclic) bond motifs is 1. The lowest BCUT2D eigenvalue weighted by molar-refractivity contribution is 0.0692. The van der Waals surface area contributed by atoms with Crippen molar-refractivity contribution >= 4 is 23.3 Å². The van der Waals surface area contributed by atoms with E-state index < -0.39 is 0 Å². The van der Waals surface area contributed by atoms with Crippen molar-refractivity contribution < 1.29 is 14.6 Å². The van der Waals surface area contributed by atoms with Gasteiger partial charge in [0.05, 0.1) is 6.04 Å². The fourth-order valence-electron chi connectivity index (χ4n) is 3.19. The van der Waals surface area contributed by atoms with Gasteiger partial charge in [0, 0.05) is 51.9 Å². The van der Waals surface area contributed by atoms with Gasteiger partial charge < -0.3 is 19.6 Å². The highest BCUT2D eigenvalue weighted by Crippen LogP contribution is 2.27. The van der Waals surface area contributed by atoms with Crippen molar-refractivity contribution in [3.63, 3.8) is 0 Å². The number of ether oxygens (including phenoxy) is 1. The number of piperidine rings is 1. The molecule has 0 saturated carbocycles. The van der Waals surface area contributed by atoms with E-state index in [0.29, 0.717) is 10.6 Å². The number of amidine groups is 1. The Labute approximate surface area is 175 Å². The third kappa shape index (κ3) is 7.08. The molecule has 1 amide bonds. The molecule has 3 rings (SSSR count). The number of methoxy groups -OCH3 is 1. The molecule has 0 bridgehead atoms. The topological polar surface area (TPSA) is 65.4 Å². The Morgan fingerprint density at radius 2 is 1.89 bits per heavy atom. The molecule has 2 heterocycles. The molecule has 1 saturated heterocycles. The van der Waals surface area contributed by atoms with Crippen molar-refractivity contribution in [2.45, 2.75) is 52.2 Å². The monoisotopic (exact) mass is 413 g/mol. The number of hydrogen-bond acceptors (Lipinski definition) is 5. The molecule has 7 heteroatoms. The average molecular weight is 414 g/mol. The van der Waals surface area contributed by atoms with E-state index in [-0.39, 0.29) is 18.1 Å². The molecule has 160 valence electrons. The molecule has 28 heavy (non-hydrogen) atoms. The van der Waals surface area contributed by atoms with E-state index in [1.807, 2.05) is 20.9 Å². The number of aliphatic hydroxyl groups excluding tert-OH is 1. The molecule has 1 aromatic rings. The van der Waals surface area contributed by atoms with Crippen LogP contribution in [0.1, 0.15) is 50.4 Å². The minimum atomic E-state index is -0.107. The van der Waals surface area contributed by atoms with Gasteiger partial charge in [0.1, 0.15) is 12.0 Å². The number of likely N-dealkylation sites (N-methyl/N-ethyl adjacent to an activating group) is 1. The van der Waals surface area contributed by atoms with Crippen LogP contribution in [0.2, 0.25) is 5.02 Å². The molecule has 2 atom stereocenters. The van der Waals surface area contributed by atoms with Gasteiger partial charge in [0.2, 0.25) is 0 Å². The van der Waals surface area contributed by atoms with E-state index in [2.05, 4.69) is 16.6 Å². The summed E-state index contributed by atoms with van der Waals surface area (Å²) in [6, 6.07) is 7.33. The summed E-state index contributed by atoms with van der Waals surface area (Å²) in [4.78, 5) is 21.5. The number of carbonyl (C=O) groups is 1. The van der Waals surface area contributed by atoms with Gasteiger partial charge in [-0.05, 0) is 38.0 Å². The summed E-state index contributed by atoms with van der Waals surface area (Å²) in [7, 11) is 6.08. The maximum Gasteiger partial charge on any atom is 0.255 e. The molecule has 1 fully saturated rings. The van der Waals surface area contributed by atoms with Gasteiger partial charge in [0.25, 0.3) is 5.91 Å². The van der Waals surface area contributed by atoms with E-state index in [1.54, 1.807) is 43.4 Å². The summed E-state index contributed by atoms with van der Waals surface area (Å²) in [6.45, 7) is 7.20. The standard InChI is InChI=1S/C16H20ClN3O.C2H6O.C2H6.CH4O/c1-11-15(18-14-8-3-4-9-20(11)14)19(2)16(21)12-6-5-7-13(17)10-12;1-3-2;2*1-2/h5-7,10-11,15H,3-4,8-9H2,1-2H3;1-2H3;1-2H3;2H,1H3. The maximum atomic E-state index is 12.6. The zero-order valence-electron chi connectivity index (χ0n) is 18.3. The molecule has 0 spiro atoms. The van der Waals surface area contributed by atoms with Gasteiger partial charge >= 0.3 is 0 Å². The number of halogens is 1.